The highest BCUT2D eigenvalue weighted by Gasteiger charge is 2.28. The number of aromatic amines is 1. The van der Waals surface area contributed by atoms with Gasteiger partial charge in [-0.3, -0.25) is 4.79 Å². The number of halogens is 2. The SMILES string of the molecule is Cc1[nH]c2c(-c3cc(C(F)F)ccc3OCC3CC3)ncnc2c1C(=O)N[C@@H]1CC[C@H](O)C1. The van der Waals surface area contributed by atoms with Crippen molar-refractivity contribution in [2.45, 2.75) is 57.6 Å². The number of alkyl halides is 2. The number of ether oxygens (including phenoxy) is 1. The number of carbonyl (C=O) groups is 1. The van der Waals surface area contributed by atoms with Gasteiger partial charge in [0.05, 0.1) is 23.8 Å². The molecule has 3 aromatic rings. The highest BCUT2D eigenvalue weighted by molar-refractivity contribution is 6.09. The number of amides is 1. The van der Waals surface area contributed by atoms with E-state index in [0.29, 0.717) is 64.7 Å². The quantitative estimate of drug-likeness (QED) is 0.492. The minimum Gasteiger partial charge on any atom is -0.493 e. The van der Waals surface area contributed by atoms with Crippen LogP contribution in [0.1, 0.15) is 60.1 Å². The Morgan fingerprint density at radius 3 is 2.79 bits per heavy atom. The molecular formula is C24H26F2N4O3. The number of rotatable bonds is 7. The van der Waals surface area contributed by atoms with E-state index in [1.54, 1.807) is 13.0 Å². The summed E-state index contributed by atoms with van der Waals surface area (Å²) >= 11 is 0. The van der Waals surface area contributed by atoms with Crippen LogP contribution in [-0.2, 0) is 0 Å². The van der Waals surface area contributed by atoms with Gasteiger partial charge in [-0.15, -0.1) is 0 Å². The minimum absolute atomic E-state index is 0.0942. The lowest BCUT2D eigenvalue weighted by atomic mass is 10.0. The highest BCUT2D eigenvalue weighted by Crippen LogP contribution is 2.38. The van der Waals surface area contributed by atoms with Crippen molar-refractivity contribution in [2.24, 2.45) is 5.92 Å². The molecule has 2 aliphatic rings. The second-order valence-corrected chi connectivity index (χ2v) is 9.02. The van der Waals surface area contributed by atoms with Gasteiger partial charge in [-0.2, -0.15) is 0 Å². The summed E-state index contributed by atoms with van der Waals surface area (Å²) in [7, 11) is 0. The number of aryl methyl sites for hydroxylation is 1. The molecule has 0 saturated heterocycles. The summed E-state index contributed by atoms with van der Waals surface area (Å²) in [6.07, 6.45) is 2.42. The largest absolute Gasteiger partial charge is 0.493 e. The Labute approximate surface area is 189 Å². The summed E-state index contributed by atoms with van der Waals surface area (Å²) in [5.41, 5.74) is 2.63. The van der Waals surface area contributed by atoms with Crippen molar-refractivity contribution in [3.8, 4) is 17.0 Å². The normalized spacial score (nSPS) is 20.5. The molecule has 33 heavy (non-hydrogen) atoms. The summed E-state index contributed by atoms with van der Waals surface area (Å²) in [5, 5.41) is 12.7. The number of hydrogen-bond acceptors (Lipinski definition) is 5. The monoisotopic (exact) mass is 456 g/mol. The fourth-order valence-electron chi connectivity index (χ4n) is 4.44. The van der Waals surface area contributed by atoms with Crippen molar-refractivity contribution >= 4 is 16.9 Å². The highest BCUT2D eigenvalue weighted by atomic mass is 19.3. The molecule has 1 aromatic carbocycles. The lowest BCUT2D eigenvalue weighted by molar-refractivity contribution is 0.0935. The summed E-state index contributed by atoms with van der Waals surface area (Å²) in [6, 6.07) is 4.22. The first-order valence-corrected chi connectivity index (χ1v) is 11.3. The summed E-state index contributed by atoms with van der Waals surface area (Å²) in [5.74, 6) is 0.689. The third-order valence-corrected chi connectivity index (χ3v) is 6.42. The first kappa shape index (κ1) is 21.8. The molecule has 0 aliphatic heterocycles. The molecule has 3 N–H and O–H groups in total. The van der Waals surface area contributed by atoms with Crippen molar-refractivity contribution in [1.29, 1.82) is 0 Å². The van der Waals surface area contributed by atoms with Crippen molar-refractivity contribution in [1.82, 2.24) is 20.3 Å². The second-order valence-electron chi connectivity index (χ2n) is 9.02. The molecular weight excluding hydrogens is 430 g/mol. The van der Waals surface area contributed by atoms with Gasteiger partial charge in [-0.05, 0) is 63.1 Å². The Morgan fingerprint density at radius 2 is 2.09 bits per heavy atom. The Balaban J connectivity index is 1.54. The number of aromatic nitrogens is 3. The Bertz CT molecular complexity index is 1190. The molecule has 0 spiro atoms. The Kier molecular flexibility index (Phi) is 5.74. The van der Waals surface area contributed by atoms with Crippen molar-refractivity contribution in [3.05, 3.63) is 41.3 Å². The van der Waals surface area contributed by atoms with Gasteiger partial charge in [0.25, 0.3) is 12.3 Å². The number of carbonyl (C=O) groups excluding carboxylic acids is 1. The molecule has 2 atom stereocenters. The standard InChI is InChI=1S/C24H26F2N4O3/c1-12-19(24(32)30-15-5-6-16(31)9-15)21-22(29-12)20(27-11-28-21)17-8-14(23(25)26)4-7-18(17)33-10-13-2-3-13/h4,7-8,11,13,15-16,23,29,31H,2-3,5-6,9-10H2,1H3,(H,30,32)/t15-,16+/m1/s1. The van der Waals surface area contributed by atoms with E-state index in [2.05, 4.69) is 20.3 Å². The summed E-state index contributed by atoms with van der Waals surface area (Å²) in [6.45, 7) is 2.30. The van der Waals surface area contributed by atoms with E-state index in [1.165, 1.54) is 18.5 Å². The first-order chi connectivity index (χ1) is 15.9. The fourth-order valence-corrected chi connectivity index (χ4v) is 4.44. The molecule has 9 heteroatoms. The number of nitrogens with one attached hydrogen (secondary N) is 2. The summed E-state index contributed by atoms with van der Waals surface area (Å²) < 4.78 is 32.9. The Morgan fingerprint density at radius 1 is 1.27 bits per heavy atom. The molecule has 0 unspecified atom stereocenters. The number of nitrogens with zero attached hydrogens (tertiary/aromatic N) is 2. The van der Waals surface area contributed by atoms with Crippen LogP contribution >= 0.6 is 0 Å². The molecule has 0 radical (unpaired) electrons. The Hall–Kier alpha value is -3.07. The third-order valence-electron chi connectivity index (χ3n) is 6.42. The van der Waals surface area contributed by atoms with Gasteiger partial charge in [0.15, 0.2) is 0 Å². The lowest BCUT2D eigenvalue weighted by Gasteiger charge is -2.13. The van der Waals surface area contributed by atoms with E-state index in [-0.39, 0.29) is 17.5 Å². The molecule has 0 bridgehead atoms. The van der Waals surface area contributed by atoms with Crippen LogP contribution in [-0.4, -0.2) is 44.7 Å². The molecule has 2 aliphatic carbocycles. The fraction of sp³-hybridized carbons (Fsp3) is 0.458. The maximum atomic E-state index is 13.5. The maximum Gasteiger partial charge on any atom is 0.263 e. The van der Waals surface area contributed by atoms with Gasteiger partial charge in [-0.1, -0.05) is 0 Å². The van der Waals surface area contributed by atoms with Gasteiger partial charge in [0, 0.05) is 22.9 Å². The number of fused-ring (bicyclic) bond motifs is 1. The molecule has 1 amide bonds. The average Bonchev–Trinajstić information content (AvgIpc) is 3.43. The molecule has 2 heterocycles. The maximum absolute atomic E-state index is 13.5. The predicted octanol–water partition coefficient (Wildman–Crippen LogP) is 4.30. The van der Waals surface area contributed by atoms with Gasteiger partial charge >= 0.3 is 0 Å². The zero-order valence-corrected chi connectivity index (χ0v) is 18.3. The van der Waals surface area contributed by atoms with Crippen LogP contribution in [0.15, 0.2) is 24.5 Å². The van der Waals surface area contributed by atoms with Gasteiger partial charge in [0.2, 0.25) is 0 Å². The molecule has 174 valence electrons. The smallest absolute Gasteiger partial charge is 0.263 e. The van der Waals surface area contributed by atoms with Crippen molar-refractivity contribution in [2.75, 3.05) is 6.61 Å². The molecule has 2 fully saturated rings. The van der Waals surface area contributed by atoms with Crippen molar-refractivity contribution < 1.29 is 23.4 Å². The van der Waals surface area contributed by atoms with Crippen LogP contribution in [0.25, 0.3) is 22.3 Å². The number of hydrogen-bond donors (Lipinski definition) is 3. The van der Waals surface area contributed by atoms with Gasteiger partial charge in [0.1, 0.15) is 23.3 Å². The predicted molar refractivity (Wildman–Crippen MR) is 118 cm³/mol. The van der Waals surface area contributed by atoms with Crippen LogP contribution in [0.3, 0.4) is 0 Å². The number of benzene rings is 1. The zero-order chi connectivity index (χ0) is 23.1. The second kappa shape index (κ2) is 8.70. The van der Waals surface area contributed by atoms with E-state index in [9.17, 15) is 18.7 Å². The number of H-pyrrole nitrogens is 1. The van der Waals surface area contributed by atoms with E-state index in [4.69, 9.17) is 4.74 Å². The zero-order valence-electron chi connectivity index (χ0n) is 18.3. The van der Waals surface area contributed by atoms with Crippen molar-refractivity contribution in [3.63, 3.8) is 0 Å². The molecule has 2 saturated carbocycles. The summed E-state index contributed by atoms with van der Waals surface area (Å²) in [4.78, 5) is 24.9. The van der Waals surface area contributed by atoms with E-state index in [1.807, 2.05) is 0 Å². The van der Waals surface area contributed by atoms with Crippen LogP contribution in [0, 0.1) is 12.8 Å². The van der Waals surface area contributed by atoms with Gasteiger partial charge in [-0.25, -0.2) is 18.7 Å². The lowest BCUT2D eigenvalue weighted by Crippen LogP contribution is -2.33. The van der Waals surface area contributed by atoms with Crippen LogP contribution in [0.5, 0.6) is 5.75 Å². The molecule has 2 aromatic heterocycles. The molecule has 7 nitrogen and oxygen atoms in total. The average molecular weight is 456 g/mol. The first-order valence-electron chi connectivity index (χ1n) is 11.3. The molecule has 5 rings (SSSR count). The van der Waals surface area contributed by atoms with Crippen LogP contribution < -0.4 is 10.1 Å². The van der Waals surface area contributed by atoms with E-state index in [0.717, 1.165) is 19.3 Å². The van der Waals surface area contributed by atoms with E-state index >= 15 is 0 Å². The third kappa shape index (κ3) is 4.42. The van der Waals surface area contributed by atoms with Crippen LogP contribution in [0.2, 0.25) is 0 Å². The minimum atomic E-state index is -2.63. The number of aliphatic hydroxyl groups is 1. The van der Waals surface area contributed by atoms with Crippen LogP contribution in [0.4, 0.5) is 8.78 Å². The van der Waals surface area contributed by atoms with Gasteiger partial charge < -0.3 is 20.1 Å². The topological polar surface area (TPSA) is 100 Å². The number of aliphatic hydroxyl groups excluding tert-OH is 1. The van der Waals surface area contributed by atoms with E-state index < -0.39 is 12.5 Å².